The van der Waals surface area contributed by atoms with Crippen molar-refractivity contribution < 1.29 is 9.53 Å². The molecule has 1 N–H and O–H groups in total. The summed E-state index contributed by atoms with van der Waals surface area (Å²) < 4.78 is 5.44. The molecule has 2 amide bonds. The zero-order valence-corrected chi connectivity index (χ0v) is 12.6. The van der Waals surface area contributed by atoms with Crippen molar-refractivity contribution in [2.75, 3.05) is 19.4 Å². The predicted octanol–water partition coefficient (Wildman–Crippen LogP) is 2.23. The summed E-state index contributed by atoms with van der Waals surface area (Å²) in [5, 5.41) is 14.5. The van der Waals surface area contributed by atoms with Gasteiger partial charge in [0.2, 0.25) is 0 Å². The highest BCUT2D eigenvalue weighted by molar-refractivity contribution is 6.32. The molecule has 0 fully saturated rings. The molecule has 112 valence electrons. The zero-order chi connectivity index (χ0) is 15.4. The van der Waals surface area contributed by atoms with E-state index in [2.05, 4.69) is 20.7 Å². The predicted molar refractivity (Wildman–Crippen MR) is 77.7 cm³/mol. The fraction of sp³-hybridized carbons (Fsp3) is 0.333. The van der Waals surface area contributed by atoms with Gasteiger partial charge < -0.3 is 15.0 Å². The minimum absolute atomic E-state index is 0.115. The van der Waals surface area contributed by atoms with Crippen molar-refractivity contribution in [1.82, 2.24) is 25.1 Å². The number of hydrogen-bond acceptors (Lipinski definition) is 5. The minimum atomic E-state index is -0.243. The third-order valence-corrected chi connectivity index (χ3v) is 2.80. The lowest BCUT2D eigenvalue weighted by Gasteiger charge is -2.12. The monoisotopic (exact) mass is 310 g/mol. The van der Waals surface area contributed by atoms with E-state index in [0.717, 1.165) is 0 Å². The molecule has 8 nitrogen and oxygen atoms in total. The highest BCUT2D eigenvalue weighted by Gasteiger charge is 2.10. The summed E-state index contributed by atoms with van der Waals surface area (Å²) in [5.74, 6) is 0.384. The second kappa shape index (κ2) is 6.40. The van der Waals surface area contributed by atoms with Crippen molar-refractivity contribution in [2.24, 2.45) is 0 Å². The Morgan fingerprint density at radius 1 is 1.48 bits per heavy atom. The average Bonchev–Trinajstić information content (AvgIpc) is 2.89. The summed E-state index contributed by atoms with van der Waals surface area (Å²) >= 11 is 6.11. The standard InChI is InChI=1S/C12H15ClN6O2/c1-4-19-16-11(15-17-19)21-10-6-5-8(7-9(10)13)14-12(20)18(2)3/h5-7H,4H2,1-3H3,(H,14,20). The fourth-order valence-electron chi connectivity index (χ4n) is 1.40. The number of nitrogens with one attached hydrogen (secondary N) is 1. The topological polar surface area (TPSA) is 85.2 Å². The maximum absolute atomic E-state index is 11.5. The summed E-state index contributed by atoms with van der Waals surface area (Å²) in [5.41, 5.74) is 0.566. The van der Waals surface area contributed by atoms with Gasteiger partial charge in [-0.15, -0.1) is 0 Å². The number of amides is 2. The Balaban J connectivity index is 2.10. The third-order valence-electron chi connectivity index (χ3n) is 2.51. The molecule has 9 heteroatoms. The number of tetrazole rings is 1. The van der Waals surface area contributed by atoms with E-state index in [9.17, 15) is 4.79 Å². The van der Waals surface area contributed by atoms with Crippen LogP contribution in [0.4, 0.5) is 10.5 Å². The third kappa shape index (κ3) is 3.82. The molecule has 1 aromatic carbocycles. The number of aromatic nitrogens is 4. The quantitative estimate of drug-likeness (QED) is 0.936. The summed E-state index contributed by atoms with van der Waals surface area (Å²) in [4.78, 5) is 14.4. The van der Waals surface area contributed by atoms with Crippen LogP contribution in [0.25, 0.3) is 0 Å². The number of aryl methyl sites for hydroxylation is 1. The van der Waals surface area contributed by atoms with Crippen LogP contribution in [0.5, 0.6) is 11.8 Å². The van der Waals surface area contributed by atoms with E-state index in [-0.39, 0.29) is 12.0 Å². The Kier molecular flexibility index (Phi) is 4.59. The molecular formula is C12H15ClN6O2. The number of anilines is 1. The number of carbonyl (C=O) groups excluding carboxylic acids is 1. The smallest absolute Gasteiger partial charge is 0.361 e. The Morgan fingerprint density at radius 3 is 2.81 bits per heavy atom. The van der Waals surface area contributed by atoms with E-state index in [4.69, 9.17) is 16.3 Å². The van der Waals surface area contributed by atoms with Gasteiger partial charge in [0.05, 0.1) is 11.6 Å². The van der Waals surface area contributed by atoms with Crippen molar-refractivity contribution in [3.05, 3.63) is 23.2 Å². The van der Waals surface area contributed by atoms with Gasteiger partial charge in [-0.2, -0.15) is 4.80 Å². The number of ether oxygens (including phenoxy) is 1. The van der Waals surface area contributed by atoms with Crippen molar-refractivity contribution in [3.8, 4) is 11.8 Å². The van der Waals surface area contributed by atoms with Crippen molar-refractivity contribution in [2.45, 2.75) is 13.5 Å². The Labute approximate surface area is 126 Å². The summed E-state index contributed by atoms with van der Waals surface area (Å²) in [6.07, 6.45) is 0. The summed E-state index contributed by atoms with van der Waals surface area (Å²) in [6, 6.07) is 4.76. The van der Waals surface area contributed by atoms with Gasteiger partial charge in [-0.1, -0.05) is 21.8 Å². The molecule has 0 aliphatic heterocycles. The average molecular weight is 311 g/mol. The van der Waals surface area contributed by atoms with Crippen LogP contribution in [0.1, 0.15) is 6.92 Å². The molecule has 0 saturated carbocycles. The molecule has 0 saturated heterocycles. The van der Waals surface area contributed by atoms with Crippen LogP contribution in [0, 0.1) is 0 Å². The van der Waals surface area contributed by atoms with E-state index in [1.54, 1.807) is 32.3 Å². The lowest BCUT2D eigenvalue weighted by molar-refractivity contribution is 0.230. The minimum Gasteiger partial charge on any atom is -0.421 e. The van der Waals surface area contributed by atoms with Crippen molar-refractivity contribution in [1.29, 1.82) is 0 Å². The van der Waals surface area contributed by atoms with Crippen LogP contribution in [0.15, 0.2) is 18.2 Å². The maximum atomic E-state index is 11.5. The van der Waals surface area contributed by atoms with Gasteiger partial charge in [-0.25, -0.2) is 4.79 Å². The van der Waals surface area contributed by atoms with E-state index in [1.165, 1.54) is 9.70 Å². The molecular weight excluding hydrogens is 296 g/mol. The van der Waals surface area contributed by atoms with E-state index >= 15 is 0 Å². The molecule has 0 aliphatic carbocycles. The molecule has 0 radical (unpaired) electrons. The first-order valence-electron chi connectivity index (χ1n) is 6.23. The molecule has 2 aromatic rings. The van der Waals surface area contributed by atoms with Crippen LogP contribution < -0.4 is 10.1 Å². The van der Waals surface area contributed by atoms with E-state index in [1.807, 2.05) is 6.92 Å². The second-order valence-corrected chi connectivity index (χ2v) is 4.74. The fourth-order valence-corrected chi connectivity index (χ4v) is 1.62. The number of benzene rings is 1. The lowest BCUT2D eigenvalue weighted by Crippen LogP contribution is -2.27. The molecule has 0 bridgehead atoms. The van der Waals surface area contributed by atoms with Crippen LogP contribution in [-0.4, -0.2) is 45.2 Å². The largest absolute Gasteiger partial charge is 0.421 e. The molecule has 2 rings (SSSR count). The molecule has 21 heavy (non-hydrogen) atoms. The zero-order valence-electron chi connectivity index (χ0n) is 11.9. The van der Waals surface area contributed by atoms with Crippen molar-refractivity contribution in [3.63, 3.8) is 0 Å². The Morgan fingerprint density at radius 2 is 2.24 bits per heavy atom. The van der Waals surface area contributed by atoms with Gasteiger partial charge in [0, 0.05) is 19.8 Å². The van der Waals surface area contributed by atoms with Crippen LogP contribution in [0.2, 0.25) is 5.02 Å². The van der Waals surface area contributed by atoms with E-state index in [0.29, 0.717) is 23.0 Å². The first kappa shape index (κ1) is 15.0. The highest BCUT2D eigenvalue weighted by Crippen LogP contribution is 2.30. The SMILES string of the molecule is CCn1nnc(Oc2ccc(NC(=O)N(C)C)cc2Cl)n1. The maximum Gasteiger partial charge on any atom is 0.361 e. The highest BCUT2D eigenvalue weighted by atomic mass is 35.5. The molecule has 0 unspecified atom stereocenters. The molecule has 1 aromatic heterocycles. The molecule has 0 spiro atoms. The van der Waals surface area contributed by atoms with Crippen LogP contribution in [0.3, 0.4) is 0 Å². The first-order chi connectivity index (χ1) is 9.99. The summed E-state index contributed by atoms with van der Waals surface area (Å²) in [7, 11) is 3.30. The Bertz CT molecular complexity index is 642. The van der Waals surface area contributed by atoms with Gasteiger partial charge in [0.25, 0.3) is 0 Å². The number of nitrogens with zero attached hydrogens (tertiary/aromatic N) is 5. The van der Waals surface area contributed by atoms with Crippen LogP contribution >= 0.6 is 11.6 Å². The molecule has 1 heterocycles. The Hall–Kier alpha value is -2.35. The van der Waals surface area contributed by atoms with Gasteiger partial charge in [-0.3, -0.25) is 0 Å². The second-order valence-electron chi connectivity index (χ2n) is 4.33. The normalized spacial score (nSPS) is 10.3. The summed E-state index contributed by atoms with van der Waals surface area (Å²) in [6.45, 7) is 2.49. The number of hydrogen-bond donors (Lipinski definition) is 1. The van der Waals surface area contributed by atoms with Gasteiger partial charge in [0.1, 0.15) is 5.75 Å². The number of urea groups is 1. The number of rotatable bonds is 4. The first-order valence-corrected chi connectivity index (χ1v) is 6.61. The molecule has 0 aliphatic rings. The molecule has 0 atom stereocenters. The van der Waals surface area contributed by atoms with Crippen molar-refractivity contribution >= 4 is 23.3 Å². The van der Waals surface area contributed by atoms with E-state index < -0.39 is 0 Å². The van der Waals surface area contributed by atoms with Gasteiger partial charge in [0.15, 0.2) is 0 Å². The number of halogens is 1. The van der Waals surface area contributed by atoms with Gasteiger partial charge >= 0.3 is 12.0 Å². The number of carbonyl (C=O) groups is 1. The van der Waals surface area contributed by atoms with Crippen LogP contribution in [-0.2, 0) is 6.54 Å². The lowest BCUT2D eigenvalue weighted by atomic mass is 10.3. The van der Waals surface area contributed by atoms with Gasteiger partial charge in [-0.05, 0) is 30.3 Å².